The molecule has 0 bridgehead atoms. The minimum atomic E-state index is -0.331. The molecule has 0 radical (unpaired) electrons. The van der Waals surface area contributed by atoms with Crippen molar-refractivity contribution in [2.75, 3.05) is 0 Å². The van der Waals surface area contributed by atoms with Crippen LogP contribution in [0.25, 0.3) is 0 Å². The molecule has 0 aromatic rings. The number of amides is 2. The number of rotatable bonds is 2. The lowest BCUT2D eigenvalue weighted by Gasteiger charge is -2.42. The average molecular weight is 235 g/mol. The lowest BCUT2D eigenvalue weighted by Crippen LogP contribution is -2.52. The van der Waals surface area contributed by atoms with Gasteiger partial charge in [0.25, 0.3) is 0 Å². The third kappa shape index (κ3) is 2.15. The molecule has 0 saturated carbocycles. The topological polar surface area (TPSA) is 37.4 Å². The second-order valence-electron chi connectivity index (χ2n) is 5.80. The molecule has 1 atom stereocenters. The van der Waals surface area contributed by atoms with Crippen molar-refractivity contribution in [3.63, 3.8) is 0 Å². The number of nitrogens with zero attached hydrogens (tertiary/aromatic N) is 1. The van der Waals surface area contributed by atoms with Crippen LogP contribution in [0.3, 0.4) is 0 Å². The number of likely N-dealkylation sites (tertiary alicyclic amines) is 1. The summed E-state index contributed by atoms with van der Waals surface area (Å²) in [6.07, 6.45) is 6.18. The van der Waals surface area contributed by atoms with E-state index in [-0.39, 0.29) is 17.4 Å². The smallest absolute Gasteiger partial charge is 0.230 e. The van der Waals surface area contributed by atoms with Crippen molar-refractivity contribution in [1.82, 2.24) is 4.90 Å². The predicted molar refractivity (Wildman–Crippen MR) is 66.3 cm³/mol. The molecule has 3 nitrogen and oxygen atoms in total. The summed E-state index contributed by atoms with van der Waals surface area (Å²) < 4.78 is 0. The van der Waals surface area contributed by atoms with Crippen LogP contribution in [0.5, 0.6) is 0 Å². The minimum absolute atomic E-state index is 0.00581. The first-order valence-corrected chi connectivity index (χ1v) is 6.44. The van der Waals surface area contributed by atoms with E-state index in [1.807, 2.05) is 13.8 Å². The molecule has 1 aliphatic carbocycles. The summed E-state index contributed by atoms with van der Waals surface area (Å²) in [5.74, 6) is 0.412. The highest BCUT2D eigenvalue weighted by atomic mass is 16.2. The Hall–Kier alpha value is -1.12. The molecule has 94 valence electrons. The zero-order chi connectivity index (χ0) is 12.6. The number of carbonyl (C=O) groups excluding carboxylic acids is 2. The van der Waals surface area contributed by atoms with Gasteiger partial charge in [-0.25, -0.2) is 0 Å². The van der Waals surface area contributed by atoms with Gasteiger partial charge in [-0.3, -0.25) is 14.5 Å². The van der Waals surface area contributed by atoms with E-state index in [0.717, 1.165) is 19.3 Å². The molecular formula is C14H21NO2. The van der Waals surface area contributed by atoms with E-state index < -0.39 is 0 Å². The van der Waals surface area contributed by atoms with Crippen LogP contribution in [0.4, 0.5) is 0 Å². The van der Waals surface area contributed by atoms with Crippen LogP contribution in [-0.4, -0.2) is 22.3 Å². The van der Waals surface area contributed by atoms with Crippen LogP contribution >= 0.6 is 0 Å². The average Bonchev–Trinajstić information content (AvgIpc) is 2.59. The second-order valence-corrected chi connectivity index (χ2v) is 5.80. The molecule has 0 aromatic heterocycles. The van der Waals surface area contributed by atoms with Crippen LogP contribution in [0.2, 0.25) is 0 Å². The number of carbonyl (C=O) groups is 2. The van der Waals surface area contributed by atoms with Gasteiger partial charge in [0.1, 0.15) is 0 Å². The summed E-state index contributed by atoms with van der Waals surface area (Å²) >= 11 is 0. The monoisotopic (exact) mass is 235 g/mol. The van der Waals surface area contributed by atoms with Gasteiger partial charge in [-0.1, -0.05) is 11.6 Å². The standard InChI is InChI=1S/C14H21NO2/c1-10-4-6-11(7-5-10)14(2,3)15-12(16)8-9-13(15)17/h4,11H,5-9H2,1-3H3. The van der Waals surface area contributed by atoms with Crippen LogP contribution in [0.1, 0.15) is 52.9 Å². The van der Waals surface area contributed by atoms with Crippen LogP contribution < -0.4 is 0 Å². The predicted octanol–water partition coefficient (Wildman–Crippen LogP) is 2.66. The van der Waals surface area contributed by atoms with Crippen molar-refractivity contribution in [3.05, 3.63) is 11.6 Å². The first-order valence-electron chi connectivity index (χ1n) is 6.44. The van der Waals surface area contributed by atoms with Gasteiger partial charge in [0.15, 0.2) is 0 Å². The van der Waals surface area contributed by atoms with Gasteiger partial charge in [0.2, 0.25) is 11.8 Å². The van der Waals surface area contributed by atoms with Gasteiger partial charge < -0.3 is 0 Å². The minimum Gasteiger partial charge on any atom is -0.277 e. The third-order valence-corrected chi connectivity index (χ3v) is 4.26. The van der Waals surface area contributed by atoms with Gasteiger partial charge >= 0.3 is 0 Å². The van der Waals surface area contributed by atoms with Gasteiger partial charge in [-0.2, -0.15) is 0 Å². The fourth-order valence-electron chi connectivity index (χ4n) is 3.01. The molecular weight excluding hydrogens is 214 g/mol. The van der Waals surface area contributed by atoms with E-state index in [4.69, 9.17) is 0 Å². The van der Waals surface area contributed by atoms with Gasteiger partial charge in [0.05, 0.1) is 0 Å². The highest BCUT2D eigenvalue weighted by Crippen LogP contribution is 2.37. The van der Waals surface area contributed by atoms with Crippen molar-refractivity contribution < 1.29 is 9.59 Å². The molecule has 1 aliphatic heterocycles. The van der Waals surface area contributed by atoms with Gasteiger partial charge in [0, 0.05) is 18.4 Å². The lowest BCUT2D eigenvalue weighted by atomic mass is 9.76. The summed E-state index contributed by atoms with van der Waals surface area (Å²) in [6.45, 7) is 6.22. The highest BCUT2D eigenvalue weighted by molar-refractivity contribution is 6.02. The quantitative estimate of drug-likeness (QED) is 0.545. The Morgan fingerprint density at radius 1 is 1.18 bits per heavy atom. The molecule has 1 heterocycles. The molecule has 3 heteroatoms. The fraction of sp³-hybridized carbons (Fsp3) is 0.714. The fourth-order valence-corrected chi connectivity index (χ4v) is 3.01. The summed E-state index contributed by atoms with van der Waals surface area (Å²) in [5, 5.41) is 0. The molecule has 0 spiro atoms. The molecule has 1 saturated heterocycles. The van der Waals surface area contributed by atoms with Crippen LogP contribution in [-0.2, 0) is 9.59 Å². The maximum Gasteiger partial charge on any atom is 0.230 e. The van der Waals surface area contributed by atoms with Crippen molar-refractivity contribution >= 4 is 11.8 Å². The van der Waals surface area contributed by atoms with Crippen molar-refractivity contribution in [1.29, 1.82) is 0 Å². The maximum absolute atomic E-state index is 11.8. The molecule has 2 rings (SSSR count). The Morgan fingerprint density at radius 2 is 1.76 bits per heavy atom. The number of allylic oxidation sites excluding steroid dienone is 2. The third-order valence-electron chi connectivity index (χ3n) is 4.26. The number of hydrogen-bond acceptors (Lipinski definition) is 2. The Kier molecular flexibility index (Phi) is 3.11. The first kappa shape index (κ1) is 12.3. The zero-order valence-corrected chi connectivity index (χ0v) is 11.0. The molecule has 0 N–H and O–H groups in total. The highest BCUT2D eigenvalue weighted by Gasteiger charge is 2.44. The Morgan fingerprint density at radius 3 is 2.24 bits per heavy atom. The Balaban J connectivity index is 2.18. The van der Waals surface area contributed by atoms with Crippen LogP contribution in [0.15, 0.2) is 11.6 Å². The van der Waals surface area contributed by atoms with Crippen molar-refractivity contribution in [2.24, 2.45) is 5.92 Å². The van der Waals surface area contributed by atoms with E-state index in [1.54, 1.807) is 0 Å². The van der Waals surface area contributed by atoms with Gasteiger partial charge in [-0.05, 0) is 46.0 Å². The molecule has 1 unspecified atom stereocenters. The van der Waals surface area contributed by atoms with E-state index in [9.17, 15) is 9.59 Å². The van der Waals surface area contributed by atoms with E-state index in [0.29, 0.717) is 18.8 Å². The molecule has 1 fully saturated rings. The van der Waals surface area contributed by atoms with E-state index in [2.05, 4.69) is 13.0 Å². The molecule has 17 heavy (non-hydrogen) atoms. The van der Waals surface area contributed by atoms with Crippen LogP contribution in [0, 0.1) is 5.92 Å². The van der Waals surface area contributed by atoms with E-state index in [1.165, 1.54) is 10.5 Å². The molecule has 0 aromatic carbocycles. The maximum atomic E-state index is 11.8. The summed E-state index contributed by atoms with van der Waals surface area (Å²) in [4.78, 5) is 25.2. The van der Waals surface area contributed by atoms with E-state index >= 15 is 0 Å². The summed E-state index contributed by atoms with van der Waals surface area (Å²) in [6, 6.07) is 0. The summed E-state index contributed by atoms with van der Waals surface area (Å²) in [5.41, 5.74) is 1.10. The first-order chi connectivity index (χ1) is 7.93. The second kappa shape index (κ2) is 4.28. The largest absolute Gasteiger partial charge is 0.277 e. The van der Waals surface area contributed by atoms with Crippen molar-refractivity contribution in [2.45, 2.75) is 58.4 Å². The summed E-state index contributed by atoms with van der Waals surface area (Å²) in [7, 11) is 0. The van der Waals surface area contributed by atoms with Gasteiger partial charge in [-0.15, -0.1) is 0 Å². The molecule has 2 amide bonds. The zero-order valence-electron chi connectivity index (χ0n) is 11.0. The SMILES string of the molecule is CC1=CCC(C(C)(C)N2C(=O)CCC2=O)CC1. The Bertz CT molecular complexity index is 366. The lowest BCUT2D eigenvalue weighted by molar-refractivity contribution is -0.146. The normalized spacial score (nSPS) is 26.4. The number of imide groups is 1. The molecule has 2 aliphatic rings. The van der Waals surface area contributed by atoms with Crippen molar-refractivity contribution in [3.8, 4) is 0 Å². The Labute approximate surface area is 103 Å². The number of hydrogen-bond donors (Lipinski definition) is 0.